The molecule has 7 nitrogen and oxygen atoms in total. The first-order valence-electron chi connectivity index (χ1n) is 6.20. The van der Waals surface area contributed by atoms with Crippen molar-refractivity contribution in [2.24, 2.45) is 0 Å². The van der Waals surface area contributed by atoms with Crippen LogP contribution in [0.1, 0.15) is 22.5 Å². The Morgan fingerprint density at radius 2 is 2.29 bits per heavy atom. The Morgan fingerprint density at radius 3 is 2.81 bits per heavy atom. The number of aliphatic hydroxyl groups is 1. The topological polar surface area (TPSA) is 99.6 Å². The molecule has 0 bridgehead atoms. The fourth-order valence-corrected chi connectivity index (χ4v) is 1.84. The number of nitrogens with zero attached hydrogens (tertiary/aromatic N) is 2. The van der Waals surface area contributed by atoms with Gasteiger partial charge in [-0.15, -0.1) is 0 Å². The number of amides is 3. The Hall–Kier alpha value is -2.72. The van der Waals surface area contributed by atoms with Crippen molar-refractivity contribution in [1.29, 1.82) is 0 Å². The van der Waals surface area contributed by atoms with Gasteiger partial charge < -0.3 is 10.4 Å². The lowest BCUT2D eigenvalue weighted by molar-refractivity contribution is -0.137. The summed E-state index contributed by atoms with van der Waals surface area (Å²) in [6.45, 7) is -0.256. The number of hydrogen-bond donors (Lipinski definition) is 2. The second-order valence-electron chi connectivity index (χ2n) is 4.41. The fraction of sp³-hybridized carbons (Fsp3) is 0.286. The summed E-state index contributed by atoms with van der Waals surface area (Å²) < 4.78 is 0. The van der Waals surface area contributed by atoms with Gasteiger partial charge in [0.05, 0.1) is 6.42 Å². The van der Waals surface area contributed by atoms with Gasteiger partial charge in [0.2, 0.25) is 5.91 Å². The number of carbonyl (C=O) groups is 3. The molecule has 1 aromatic rings. The van der Waals surface area contributed by atoms with Crippen LogP contribution in [0.15, 0.2) is 18.3 Å². The van der Waals surface area contributed by atoms with Gasteiger partial charge in [-0.1, -0.05) is 11.8 Å². The van der Waals surface area contributed by atoms with E-state index in [0.29, 0.717) is 5.56 Å². The van der Waals surface area contributed by atoms with Gasteiger partial charge in [-0.2, -0.15) is 0 Å². The maximum atomic E-state index is 12.0. The second kappa shape index (κ2) is 6.15. The summed E-state index contributed by atoms with van der Waals surface area (Å²) in [6.07, 6.45) is 1.35. The Balaban J connectivity index is 2.04. The van der Waals surface area contributed by atoms with Crippen LogP contribution in [0.25, 0.3) is 0 Å². The van der Waals surface area contributed by atoms with E-state index in [1.165, 1.54) is 19.3 Å². The molecule has 1 aromatic heterocycles. The molecule has 2 N–H and O–H groups in total. The third kappa shape index (κ3) is 3.24. The number of likely N-dealkylation sites (N-methyl/N-ethyl adjacent to an activating group) is 1. The van der Waals surface area contributed by atoms with Crippen molar-refractivity contribution < 1.29 is 19.5 Å². The Kier molecular flexibility index (Phi) is 4.30. The summed E-state index contributed by atoms with van der Waals surface area (Å²) in [6, 6.07) is 2.20. The molecular weight excluding hydrogens is 274 g/mol. The number of aliphatic hydroxyl groups excluding tert-OH is 1. The summed E-state index contributed by atoms with van der Waals surface area (Å²) in [7, 11) is 1.38. The van der Waals surface area contributed by atoms with E-state index in [2.05, 4.69) is 22.1 Å². The standard InChI is InChI=1S/C14H13N3O4/c1-17-12(19)7-11(14(17)21)16-13(20)10-5-4-9(8-15-10)3-2-6-18/h4-5,8,11,18H,6-7H2,1H3,(H,16,20). The number of nitrogens with one attached hydrogen (secondary N) is 1. The number of imide groups is 1. The first-order chi connectivity index (χ1) is 10.0. The van der Waals surface area contributed by atoms with Gasteiger partial charge in [0.15, 0.2) is 0 Å². The molecule has 0 spiro atoms. The molecular formula is C14H13N3O4. The van der Waals surface area contributed by atoms with Crippen LogP contribution < -0.4 is 5.32 Å². The number of rotatable bonds is 2. The van der Waals surface area contributed by atoms with Gasteiger partial charge in [0.25, 0.3) is 11.8 Å². The monoisotopic (exact) mass is 287 g/mol. The number of likely N-dealkylation sites (tertiary alicyclic amines) is 1. The quantitative estimate of drug-likeness (QED) is 0.532. The van der Waals surface area contributed by atoms with Gasteiger partial charge in [-0.3, -0.25) is 19.3 Å². The maximum absolute atomic E-state index is 12.0. The molecule has 3 amide bonds. The lowest BCUT2D eigenvalue weighted by Gasteiger charge is -2.10. The van der Waals surface area contributed by atoms with Crippen molar-refractivity contribution in [2.45, 2.75) is 12.5 Å². The SMILES string of the molecule is CN1C(=O)CC(NC(=O)c2ccc(C#CCO)cn2)C1=O. The highest BCUT2D eigenvalue weighted by atomic mass is 16.2. The van der Waals surface area contributed by atoms with Gasteiger partial charge in [0, 0.05) is 18.8 Å². The molecule has 1 unspecified atom stereocenters. The van der Waals surface area contributed by atoms with Gasteiger partial charge in [0.1, 0.15) is 18.3 Å². The molecule has 0 saturated carbocycles. The van der Waals surface area contributed by atoms with Crippen LogP contribution in [-0.4, -0.2) is 52.4 Å². The van der Waals surface area contributed by atoms with Crippen LogP contribution in [0.5, 0.6) is 0 Å². The number of pyridine rings is 1. The minimum Gasteiger partial charge on any atom is -0.384 e. The van der Waals surface area contributed by atoms with E-state index < -0.39 is 17.9 Å². The van der Waals surface area contributed by atoms with E-state index in [9.17, 15) is 14.4 Å². The van der Waals surface area contributed by atoms with Gasteiger partial charge in [-0.05, 0) is 12.1 Å². The third-order valence-corrected chi connectivity index (χ3v) is 2.99. The summed E-state index contributed by atoms with van der Waals surface area (Å²) in [5, 5.41) is 11.1. The van der Waals surface area contributed by atoms with Crippen LogP contribution in [0.4, 0.5) is 0 Å². The van der Waals surface area contributed by atoms with Crippen LogP contribution in [-0.2, 0) is 9.59 Å². The molecule has 2 rings (SSSR count). The van der Waals surface area contributed by atoms with Crippen molar-refractivity contribution in [1.82, 2.24) is 15.2 Å². The number of hydrogen-bond acceptors (Lipinski definition) is 5. The minimum atomic E-state index is -0.842. The Bertz CT molecular complexity index is 642. The lowest BCUT2D eigenvalue weighted by Crippen LogP contribution is -2.40. The molecule has 7 heteroatoms. The maximum Gasteiger partial charge on any atom is 0.270 e. The number of carbonyl (C=O) groups excluding carboxylic acids is 3. The van der Waals surface area contributed by atoms with Crippen LogP contribution in [0.2, 0.25) is 0 Å². The number of aromatic nitrogens is 1. The predicted molar refractivity (Wildman–Crippen MR) is 71.8 cm³/mol. The molecule has 0 aromatic carbocycles. The van der Waals surface area contributed by atoms with Crippen LogP contribution in [0, 0.1) is 11.8 Å². The molecule has 21 heavy (non-hydrogen) atoms. The smallest absolute Gasteiger partial charge is 0.270 e. The first-order valence-corrected chi connectivity index (χ1v) is 6.20. The normalized spacial score (nSPS) is 17.4. The van der Waals surface area contributed by atoms with E-state index in [-0.39, 0.29) is 24.6 Å². The fourth-order valence-electron chi connectivity index (χ4n) is 1.84. The van der Waals surface area contributed by atoms with Crippen molar-refractivity contribution in [3.05, 3.63) is 29.6 Å². The molecule has 0 radical (unpaired) electrons. The average molecular weight is 287 g/mol. The zero-order valence-corrected chi connectivity index (χ0v) is 11.3. The summed E-state index contributed by atoms with van der Waals surface area (Å²) in [5.41, 5.74) is 0.687. The van der Waals surface area contributed by atoms with Crippen molar-refractivity contribution in [3.8, 4) is 11.8 Å². The van der Waals surface area contributed by atoms with Crippen LogP contribution in [0.3, 0.4) is 0 Å². The first kappa shape index (κ1) is 14.7. The molecule has 108 valence electrons. The Labute approximate surface area is 121 Å². The molecule has 0 aliphatic carbocycles. The largest absolute Gasteiger partial charge is 0.384 e. The zero-order valence-electron chi connectivity index (χ0n) is 11.3. The molecule has 1 atom stereocenters. The van der Waals surface area contributed by atoms with E-state index >= 15 is 0 Å². The highest BCUT2D eigenvalue weighted by molar-refractivity contribution is 6.07. The molecule has 1 fully saturated rings. The summed E-state index contributed by atoms with van der Waals surface area (Å²) >= 11 is 0. The van der Waals surface area contributed by atoms with Crippen molar-refractivity contribution in [2.75, 3.05) is 13.7 Å². The second-order valence-corrected chi connectivity index (χ2v) is 4.41. The molecule has 1 saturated heterocycles. The average Bonchev–Trinajstić information content (AvgIpc) is 2.73. The van der Waals surface area contributed by atoms with E-state index in [1.807, 2.05) is 0 Å². The van der Waals surface area contributed by atoms with Crippen molar-refractivity contribution in [3.63, 3.8) is 0 Å². The summed E-state index contributed by atoms with van der Waals surface area (Å²) in [4.78, 5) is 39.9. The summed E-state index contributed by atoms with van der Waals surface area (Å²) in [5.74, 6) is 3.83. The highest BCUT2D eigenvalue weighted by Gasteiger charge is 2.37. The van der Waals surface area contributed by atoms with E-state index in [0.717, 1.165) is 4.90 Å². The van der Waals surface area contributed by atoms with Crippen molar-refractivity contribution >= 4 is 17.7 Å². The van der Waals surface area contributed by atoms with E-state index in [1.54, 1.807) is 6.07 Å². The lowest BCUT2D eigenvalue weighted by atomic mass is 10.2. The molecule has 1 aliphatic rings. The minimum absolute atomic E-state index is 0.0405. The predicted octanol–water partition coefficient (Wildman–Crippen LogP) is -1.09. The Morgan fingerprint density at radius 1 is 1.52 bits per heavy atom. The third-order valence-electron chi connectivity index (χ3n) is 2.99. The molecule has 1 aliphatic heterocycles. The van der Waals surface area contributed by atoms with Crippen LogP contribution >= 0.6 is 0 Å². The van der Waals surface area contributed by atoms with E-state index in [4.69, 9.17) is 5.11 Å². The zero-order chi connectivity index (χ0) is 15.4. The molecule has 2 heterocycles. The highest BCUT2D eigenvalue weighted by Crippen LogP contribution is 2.11. The van der Waals surface area contributed by atoms with Gasteiger partial charge in [-0.25, -0.2) is 4.98 Å². The van der Waals surface area contributed by atoms with Gasteiger partial charge >= 0.3 is 0 Å².